The lowest BCUT2D eigenvalue weighted by Gasteiger charge is -2.38. The number of aromatic nitrogens is 2. The van der Waals surface area contributed by atoms with Gasteiger partial charge in [0.15, 0.2) is 0 Å². The first-order valence-electron chi connectivity index (χ1n) is 4.53. The van der Waals surface area contributed by atoms with Gasteiger partial charge in [0.05, 0.1) is 30.8 Å². The van der Waals surface area contributed by atoms with Crippen LogP contribution in [0.2, 0.25) is 0 Å². The number of aliphatic hydroxyl groups is 1. The molecule has 0 atom stereocenters. The summed E-state index contributed by atoms with van der Waals surface area (Å²) >= 11 is 0. The average molecular weight is 195 g/mol. The first kappa shape index (κ1) is 9.36. The summed E-state index contributed by atoms with van der Waals surface area (Å²) in [5.41, 5.74) is 0.595. The molecule has 5 heteroatoms. The van der Waals surface area contributed by atoms with Gasteiger partial charge in [-0.25, -0.2) is 4.98 Å². The standard InChI is InChI=1S/C9H13N3O2/c1-14-8-4-12(5-8)9-3-10-7(6-13)2-11-9/h2-3,8,13H,4-6H2,1H3. The summed E-state index contributed by atoms with van der Waals surface area (Å²) in [4.78, 5) is 10.3. The second kappa shape index (κ2) is 3.89. The molecule has 1 N–H and O–H groups in total. The Kier molecular flexibility index (Phi) is 2.60. The fourth-order valence-corrected chi connectivity index (χ4v) is 1.37. The van der Waals surface area contributed by atoms with E-state index in [-0.39, 0.29) is 6.61 Å². The maximum absolute atomic E-state index is 8.78. The summed E-state index contributed by atoms with van der Waals surface area (Å²) < 4.78 is 5.15. The molecule has 1 aromatic rings. The molecule has 76 valence electrons. The minimum atomic E-state index is -0.0615. The third-order valence-electron chi connectivity index (χ3n) is 2.36. The van der Waals surface area contributed by atoms with Gasteiger partial charge in [-0.2, -0.15) is 0 Å². The van der Waals surface area contributed by atoms with Gasteiger partial charge in [0.2, 0.25) is 0 Å². The summed E-state index contributed by atoms with van der Waals surface area (Å²) in [6, 6.07) is 0. The summed E-state index contributed by atoms with van der Waals surface area (Å²) in [5, 5.41) is 8.78. The molecule has 5 nitrogen and oxygen atoms in total. The molecule has 1 saturated heterocycles. The second-order valence-electron chi connectivity index (χ2n) is 3.29. The monoisotopic (exact) mass is 195 g/mol. The molecule has 1 aromatic heterocycles. The van der Waals surface area contributed by atoms with Crippen LogP contribution < -0.4 is 4.90 Å². The lowest BCUT2D eigenvalue weighted by molar-refractivity contribution is 0.0782. The van der Waals surface area contributed by atoms with Crippen LogP contribution in [0.3, 0.4) is 0 Å². The van der Waals surface area contributed by atoms with Gasteiger partial charge in [-0.3, -0.25) is 4.98 Å². The van der Waals surface area contributed by atoms with E-state index in [0.717, 1.165) is 18.9 Å². The lowest BCUT2D eigenvalue weighted by atomic mass is 10.2. The SMILES string of the molecule is COC1CN(c2cnc(CO)cn2)C1. The predicted molar refractivity (Wildman–Crippen MR) is 51.0 cm³/mol. The molecule has 0 amide bonds. The van der Waals surface area contributed by atoms with Crippen molar-refractivity contribution in [3.8, 4) is 0 Å². The fourth-order valence-electron chi connectivity index (χ4n) is 1.37. The zero-order chi connectivity index (χ0) is 9.97. The van der Waals surface area contributed by atoms with Crippen LogP contribution in [0.4, 0.5) is 5.82 Å². The second-order valence-corrected chi connectivity index (χ2v) is 3.29. The Balaban J connectivity index is 1.98. The van der Waals surface area contributed by atoms with Crippen molar-refractivity contribution < 1.29 is 9.84 Å². The number of hydrogen-bond acceptors (Lipinski definition) is 5. The van der Waals surface area contributed by atoms with Crippen LogP contribution in [-0.2, 0) is 11.3 Å². The Morgan fingerprint density at radius 2 is 2.29 bits per heavy atom. The Bertz CT molecular complexity index is 295. The van der Waals surface area contributed by atoms with E-state index in [0.29, 0.717) is 11.8 Å². The quantitative estimate of drug-likeness (QED) is 0.724. The number of anilines is 1. The minimum Gasteiger partial charge on any atom is -0.390 e. The van der Waals surface area contributed by atoms with Crippen LogP contribution in [0.25, 0.3) is 0 Å². The summed E-state index contributed by atoms with van der Waals surface area (Å²) in [5.74, 6) is 0.843. The summed E-state index contributed by atoms with van der Waals surface area (Å²) in [6.45, 7) is 1.67. The first-order valence-corrected chi connectivity index (χ1v) is 4.53. The highest BCUT2D eigenvalue weighted by atomic mass is 16.5. The van der Waals surface area contributed by atoms with Gasteiger partial charge in [-0.05, 0) is 0 Å². The highest BCUT2D eigenvalue weighted by Crippen LogP contribution is 2.18. The zero-order valence-electron chi connectivity index (χ0n) is 8.05. The highest BCUT2D eigenvalue weighted by Gasteiger charge is 2.27. The molecule has 0 aliphatic carbocycles. The topological polar surface area (TPSA) is 58.5 Å². The summed E-state index contributed by atoms with van der Waals surface area (Å²) in [6.07, 6.45) is 3.58. The third kappa shape index (κ3) is 1.69. The molecule has 2 heterocycles. The largest absolute Gasteiger partial charge is 0.390 e. The molecule has 14 heavy (non-hydrogen) atoms. The van der Waals surface area contributed by atoms with Gasteiger partial charge in [0.1, 0.15) is 5.82 Å². The van der Waals surface area contributed by atoms with E-state index in [4.69, 9.17) is 9.84 Å². The molecule has 1 aliphatic rings. The van der Waals surface area contributed by atoms with Crippen molar-refractivity contribution in [2.24, 2.45) is 0 Å². The lowest BCUT2D eigenvalue weighted by Crippen LogP contribution is -2.52. The van der Waals surface area contributed by atoms with E-state index in [9.17, 15) is 0 Å². The van der Waals surface area contributed by atoms with Gasteiger partial charge in [-0.1, -0.05) is 0 Å². The van der Waals surface area contributed by atoms with Crippen molar-refractivity contribution in [3.63, 3.8) is 0 Å². The Morgan fingerprint density at radius 1 is 1.50 bits per heavy atom. The van der Waals surface area contributed by atoms with Gasteiger partial charge < -0.3 is 14.7 Å². The van der Waals surface area contributed by atoms with Crippen LogP contribution >= 0.6 is 0 Å². The number of hydrogen-bond donors (Lipinski definition) is 1. The van der Waals surface area contributed by atoms with Crippen molar-refractivity contribution in [1.82, 2.24) is 9.97 Å². The molecule has 0 unspecified atom stereocenters. The maximum Gasteiger partial charge on any atom is 0.147 e. The molecule has 2 rings (SSSR count). The van der Waals surface area contributed by atoms with Gasteiger partial charge >= 0.3 is 0 Å². The van der Waals surface area contributed by atoms with E-state index < -0.39 is 0 Å². The number of methoxy groups -OCH3 is 1. The normalized spacial score (nSPS) is 16.9. The van der Waals surface area contributed by atoms with Gasteiger partial charge in [0.25, 0.3) is 0 Å². The molecule has 1 aliphatic heterocycles. The van der Waals surface area contributed by atoms with Crippen LogP contribution in [-0.4, -0.2) is 41.4 Å². The molecule has 0 saturated carbocycles. The minimum absolute atomic E-state index is 0.0615. The van der Waals surface area contributed by atoms with E-state index in [1.165, 1.54) is 0 Å². The van der Waals surface area contributed by atoms with Gasteiger partial charge in [-0.15, -0.1) is 0 Å². The molecular formula is C9H13N3O2. The number of ether oxygens (including phenoxy) is 1. The molecule has 1 fully saturated rings. The first-order chi connectivity index (χ1) is 6.83. The van der Waals surface area contributed by atoms with E-state index in [2.05, 4.69) is 14.9 Å². The van der Waals surface area contributed by atoms with Crippen LogP contribution in [0.15, 0.2) is 12.4 Å². The molecular weight excluding hydrogens is 182 g/mol. The number of nitrogens with zero attached hydrogens (tertiary/aromatic N) is 3. The van der Waals surface area contributed by atoms with Crippen molar-refractivity contribution in [2.45, 2.75) is 12.7 Å². The number of rotatable bonds is 3. The van der Waals surface area contributed by atoms with E-state index in [1.54, 1.807) is 19.5 Å². The fraction of sp³-hybridized carbons (Fsp3) is 0.556. The van der Waals surface area contributed by atoms with Crippen molar-refractivity contribution in [2.75, 3.05) is 25.1 Å². The molecule has 0 radical (unpaired) electrons. The Hall–Kier alpha value is -1.20. The van der Waals surface area contributed by atoms with Gasteiger partial charge in [0, 0.05) is 20.2 Å². The smallest absolute Gasteiger partial charge is 0.147 e. The van der Waals surface area contributed by atoms with E-state index in [1.807, 2.05) is 0 Å². The predicted octanol–water partition coefficient (Wildman–Crippen LogP) is -0.196. The molecule has 0 aromatic carbocycles. The Labute approximate surface area is 82.4 Å². The molecule has 0 bridgehead atoms. The highest BCUT2D eigenvalue weighted by molar-refractivity contribution is 5.39. The van der Waals surface area contributed by atoms with Crippen LogP contribution in [0.1, 0.15) is 5.69 Å². The maximum atomic E-state index is 8.78. The summed E-state index contributed by atoms with van der Waals surface area (Å²) in [7, 11) is 1.71. The third-order valence-corrected chi connectivity index (χ3v) is 2.36. The zero-order valence-corrected chi connectivity index (χ0v) is 8.05. The average Bonchev–Trinajstić information content (AvgIpc) is 2.17. The van der Waals surface area contributed by atoms with E-state index >= 15 is 0 Å². The number of aliphatic hydroxyl groups excluding tert-OH is 1. The van der Waals surface area contributed by atoms with Crippen molar-refractivity contribution in [3.05, 3.63) is 18.1 Å². The van der Waals surface area contributed by atoms with Crippen LogP contribution in [0, 0.1) is 0 Å². The van der Waals surface area contributed by atoms with Crippen molar-refractivity contribution >= 4 is 5.82 Å². The Morgan fingerprint density at radius 3 is 2.79 bits per heavy atom. The van der Waals surface area contributed by atoms with Crippen molar-refractivity contribution in [1.29, 1.82) is 0 Å². The molecule has 0 spiro atoms. The van der Waals surface area contributed by atoms with Crippen LogP contribution in [0.5, 0.6) is 0 Å².